The number of aryl methyl sites for hydroxylation is 2. The Labute approximate surface area is 173 Å². The maximum Gasteiger partial charge on any atom is 0.262 e. The second-order valence-corrected chi connectivity index (χ2v) is 9.48. The highest BCUT2D eigenvalue weighted by Gasteiger charge is 2.26. The Bertz CT molecular complexity index is 1040. The molecule has 1 aliphatic carbocycles. The van der Waals surface area contributed by atoms with Gasteiger partial charge in [-0.3, -0.25) is 14.2 Å². The van der Waals surface area contributed by atoms with Crippen molar-refractivity contribution < 1.29 is 4.79 Å². The number of thiophene rings is 1. The number of hydrogen-bond acceptors (Lipinski definition) is 5. The third-order valence-electron chi connectivity index (χ3n) is 5.23. The van der Waals surface area contributed by atoms with Gasteiger partial charge in [0.2, 0.25) is 0 Å². The fourth-order valence-electron chi connectivity index (χ4n) is 3.60. The van der Waals surface area contributed by atoms with Crippen LogP contribution in [0.2, 0.25) is 0 Å². The van der Waals surface area contributed by atoms with Gasteiger partial charge in [-0.2, -0.15) is 0 Å². The molecular formula is C22H24N2O2S2. The van der Waals surface area contributed by atoms with Gasteiger partial charge in [0.25, 0.3) is 5.56 Å². The van der Waals surface area contributed by atoms with Crippen LogP contribution < -0.4 is 5.56 Å². The lowest BCUT2D eigenvalue weighted by Crippen LogP contribution is -2.27. The van der Waals surface area contributed by atoms with Crippen molar-refractivity contribution in [1.29, 1.82) is 0 Å². The van der Waals surface area contributed by atoms with Crippen molar-refractivity contribution in [2.24, 2.45) is 0 Å². The smallest absolute Gasteiger partial charge is 0.262 e. The van der Waals surface area contributed by atoms with Crippen molar-refractivity contribution in [2.75, 3.05) is 0 Å². The van der Waals surface area contributed by atoms with Crippen molar-refractivity contribution in [3.8, 4) is 0 Å². The normalized spacial score (nSPS) is 17.3. The van der Waals surface area contributed by atoms with E-state index in [0.29, 0.717) is 29.3 Å². The van der Waals surface area contributed by atoms with E-state index in [2.05, 4.69) is 19.1 Å². The van der Waals surface area contributed by atoms with Gasteiger partial charge in [0.1, 0.15) is 10.6 Å². The quantitative estimate of drug-likeness (QED) is 0.542. The number of aromatic nitrogens is 2. The minimum absolute atomic E-state index is 0.0163. The third kappa shape index (κ3) is 4.08. The molecule has 1 aromatic carbocycles. The van der Waals surface area contributed by atoms with Crippen molar-refractivity contribution in [3.05, 3.63) is 57.2 Å². The third-order valence-corrected chi connectivity index (χ3v) is 7.71. The van der Waals surface area contributed by atoms with Gasteiger partial charge in [0.15, 0.2) is 5.16 Å². The van der Waals surface area contributed by atoms with E-state index < -0.39 is 0 Å². The van der Waals surface area contributed by atoms with Gasteiger partial charge in [-0.25, -0.2) is 4.98 Å². The molecule has 4 nitrogen and oxygen atoms in total. The molecule has 1 saturated carbocycles. The van der Waals surface area contributed by atoms with Gasteiger partial charge >= 0.3 is 0 Å². The maximum absolute atomic E-state index is 13.3. The number of carbonyl (C=O) groups is 1. The highest BCUT2D eigenvalue weighted by Crippen LogP contribution is 2.32. The topological polar surface area (TPSA) is 52.0 Å². The summed E-state index contributed by atoms with van der Waals surface area (Å²) in [7, 11) is 0. The molecule has 0 amide bonds. The molecule has 0 unspecified atom stereocenters. The number of fused-ring (bicyclic) bond motifs is 1. The molecule has 3 aromatic rings. The van der Waals surface area contributed by atoms with Crippen LogP contribution in [0.15, 0.2) is 46.3 Å². The molecule has 6 heteroatoms. The first kappa shape index (κ1) is 19.4. The number of benzene rings is 1. The molecule has 2 aromatic heterocycles. The van der Waals surface area contributed by atoms with Crippen LogP contribution in [0.1, 0.15) is 43.0 Å². The molecule has 0 bridgehead atoms. The first-order valence-electron chi connectivity index (χ1n) is 9.92. The molecule has 0 spiro atoms. The molecule has 28 heavy (non-hydrogen) atoms. The fourth-order valence-corrected chi connectivity index (χ4v) is 5.85. The van der Waals surface area contributed by atoms with Crippen LogP contribution in [-0.4, -0.2) is 20.6 Å². The Kier molecular flexibility index (Phi) is 5.97. The highest BCUT2D eigenvalue weighted by molar-refractivity contribution is 8.00. The van der Waals surface area contributed by atoms with Gasteiger partial charge < -0.3 is 0 Å². The molecule has 2 heterocycles. The largest absolute Gasteiger partial charge is 0.298 e. The number of hydrogen-bond donors (Lipinski definition) is 0. The minimum Gasteiger partial charge on any atom is -0.298 e. The molecule has 0 saturated heterocycles. The van der Waals surface area contributed by atoms with E-state index in [1.807, 2.05) is 24.3 Å². The monoisotopic (exact) mass is 412 g/mol. The van der Waals surface area contributed by atoms with Crippen LogP contribution in [0.5, 0.6) is 0 Å². The van der Waals surface area contributed by atoms with Crippen molar-refractivity contribution >= 4 is 39.1 Å². The number of Topliss-reactive ketones (excluding diaryl/α,β-unsaturated/α-hetero) is 1. The van der Waals surface area contributed by atoms with Gasteiger partial charge in [0, 0.05) is 17.8 Å². The molecule has 0 radical (unpaired) electrons. The van der Waals surface area contributed by atoms with Crippen LogP contribution in [0.25, 0.3) is 10.2 Å². The number of nitrogens with zero attached hydrogens (tertiary/aromatic N) is 2. The van der Waals surface area contributed by atoms with Crippen molar-refractivity contribution in [1.82, 2.24) is 9.55 Å². The van der Waals surface area contributed by atoms with E-state index in [4.69, 9.17) is 4.98 Å². The van der Waals surface area contributed by atoms with Crippen molar-refractivity contribution in [3.63, 3.8) is 0 Å². The summed E-state index contributed by atoms with van der Waals surface area (Å²) in [5, 5.41) is 1.32. The molecular weight excluding hydrogens is 388 g/mol. The van der Waals surface area contributed by atoms with E-state index in [9.17, 15) is 9.59 Å². The van der Waals surface area contributed by atoms with E-state index in [1.165, 1.54) is 22.2 Å². The average Bonchev–Trinajstić information content (AvgIpc) is 3.14. The molecule has 1 aliphatic rings. The minimum atomic E-state index is -0.0771. The molecule has 0 N–H and O–H groups in total. The summed E-state index contributed by atoms with van der Waals surface area (Å²) in [5.41, 5.74) is 1.21. The number of rotatable bonds is 6. The SMILES string of the molecule is CCc1cc2c(=O)n(CCc3ccccc3)c(S[C@H]3CCCCC3=O)nc2s1. The summed E-state index contributed by atoms with van der Waals surface area (Å²) in [6, 6.07) is 12.2. The summed E-state index contributed by atoms with van der Waals surface area (Å²) in [6.07, 6.45) is 5.24. The van der Waals surface area contributed by atoms with Crippen molar-refractivity contribution in [2.45, 2.75) is 62.4 Å². The molecule has 146 valence electrons. The molecule has 4 rings (SSSR count). The lowest BCUT2D eigenvalue weighted by molar-refractivity contribution is -0.119. The van der Waals surface area contributed by atoms with Crippen LogP contribution in [0, 0.1) is 0 Å². The van der Waals surface area contributed by atoms with Crippen LogP contribution in [0.3, 0.4) is 0 Å². The number of carbonyl (C=O) groups excluding carboxylic acids is 1. The van der Waals surface area contributed by atoms with E-state index in [0.717, 1.165) is 36.9 Å². The van der Waals surface area contributed by atoms with Crippen LogP contribution >= 0.6 is 23.1 Å². The zero-order valence-corrected chi connectivity index (χ0v) is 17.7. The molecule has 0 aliphatic heterocycles. The van der Waals surface area contributed by atoms with Gasteiger partial charge in [-0.1, -0.05) is 55.4 Å². The molecule has 1 atom stereocenters. The fraction of sp³-hybridized carbons (Fsp3) is 0.409. The predicted molar refractivity (Wildman–Crippen MR) is 117 cm³/mol. The van der Waals surface area contributed by atoms with Crippen LogP contribution in [-0.2, 0) is 24.2 Å². The van der Waals surface area contributed by atoms with Gasteiger partial charge in [-0.15, -0.1) is 11.3 Å². The first-order valence-corrected chi connectivity index (χ1v) is 11.6. The summed E-state index contributed by atoms with van der Waals surface area (Å²) >= 11 is 3.08. The Morgan fingerprint density at radius 3 is 2.79 bits per heavy atom. The average molecular weight is 413 g/mol. The summed E-state index contributed by atoms with van der Waals surface area (Å²) in [5.74, 6) is 0.292. The summed E-state index contributed by atoms with van der Waals surface area (Å²) in [6.45, 7) is 2.67. The zero-order valence-electron chi connectivity index (χ0n) is 16.0. The van der Waals surface area contributed by atoms with E-state index in [-0.39, 0.29) is 10.8 Å². The van der Waals surface area contributed by atoms with E-state index >= 15 is 0 Å². The lowest BCUT2D eigenvalue weighted by Gasteiger charge is -2.21. The van der Waals surface area contributed by atoms with Gasteiger partial charge in [0.05, 0.1) is 10.6 Å². The number of ketones is 1. The second-order valence-electron chi connectivity index (χ2n) is 7.19. The standard InChI is InChI=1S/C22H24N2O2S2/c1-2-16-14-17-20(27-16)23-22(28-19-11-7-6-10-18(19)25)24(21(17)26)13-12-15-8-4-3-5-9-15/h3-5,8-9,14,19H,2,6-7,10-13H2,1H3/t19-/m0/s1. The lowest BCUT2D eigenvalue weighted by atomic mass is 9.99. The Hall–Kier alpha value is -1.92. The highest BCUT2D eigenvalue weighted by atomic mass is 32.2. The van der Waals surface area contributed by atoms with Crippen LogP contribution in [0.4, 0.5) is 0 Å². The Morgan fingerprint density at radius 2 is 2.04 bits per heavy atom. The first-order chi connectivity index (χ1) is 13.7. The predicted octanol–water partition coefficient (Wildman–Crippen LogP) is 4.87. The number of thioether (sulfide) groups is 1. The molecule has 1 fully saturated rings. The zero-order chi connectivity index (χ0) is 19.5. The Balaban J connectivity index is 1.71. The van der Waals surface area contributed by atoms with Gasteiger partial charge in [-0.05, 0) is 37.3 Å². The summed E-state index contributed by atoms with van der Waals surface area (Å²) in [4.78, 5) is 32.4. The maximum atomic E-state index is 13.3. The Morgan fingerprint density at radius 1 is 1.21 bits per heavy atom. The van der Waals surface area contributed by atoms with E-state index in [1.54, 1.807) is 15.9 Å². The summed E-state index contributed by atoms with van der Waals surface area (Å²) < 4.78 is 1.79. The second kappa shape index (κ2) is 8.62.